The number of nitrogens with one attached hydrogen (secondary N) is 2. The summed E-state index contributed by atoms with van der Waals surface area (Å²) in [5.74, 6) is 6.43. The highest BCUT2D eigenvalue weighted by Gasteiger charge is 2.15. The summed E-state index contributed by atoms with van der Waals surface area (Å²) in [6, 6.07) is 0. The van der Waals surface area contributed by atoms with Gasteiger partial charge in [-0.05, 0) is 0 Å². The van der Waals surface area contributed by atoms with Gasteiger partial charge < -0.3 is 20.4 Å². The van der Waals surface area contributed by atoms with E-state index in [9.17, 15) is 4.79 Å². The zero-order valence-corrected chi connectivity index (χ0v) is 10.6. The quantitative estimate of drug-likeness (QED) is 0.484. The number of amides is 1. The number of morpholine rings is 1. The normalized spacial score (nSPS) is 15.1. The van der Waals surface area contributed by atoms with Crippen LogP contribution in [-0.4, -0.2) is 53.6 Å². The van der Waals surface area contributed by atoms with E-state index in [1.807, 2.05) is 4.90 Å². The number of nitrogen functional groups attached to an aromatic ring is 1. The number of hydrazine groups is 1. The minimum Gasteiger partial charge on any atom is -0.378 e. The van der Waals surface area contributed by atoms with Crippen molar-refractivity contribution in [2.24, 2.45) is 5.84 Å². The summed E-state index contributed by atoms with van der Waals surface area (Å²) in [5, 5.41) is 3.04. The van der Waals surface area contributed by atoms with Gasteiger partial charge in [-0.25, -0.2) is 10.8 Å². The van der Waals surface area contributed by atoms with Gasteiger partial charge in [-0.1, -0.05) is 0 Å². The third kappa shape index (κ3) is 4.04. The number of aromatic nitrogens is 2. The molecule has 104 valence electrons. The van der Waals surface area contributed by atoms with Crippen LogP contribution in [0.1, 0.15) is 6.42 Å². The van der Waals surface area contributed by atoms with E-state index in [1.54, 1.807) is 6.20 Å². The topological polar surface area (TPSA) is 105 Å². The maximum Gasteiger partial charge on any atom is 0.224 e. The molecular weight excluding hydrogens is 248 g/mol. The van der Waals surface area contributed by atoms with Crippen molar-refractivity contribution in [2.75, 3.05) is 43.6 Å². The second-order valence-electron chi connectivity index (χ2n) is 4.10. The van der Waals surface area contributed by atoms with E-state index in [2.05, 4.69) is 20.7 Å². The monoisotopic (exact) mass is 266 g/mol. The maximum atomic E-state index is 11.9. The van der Waals surface area contributed by atoms with Crippen molar-refractivity contribution >= 4 is 17.5 Å². The number of ether oxygens (including phenoxy) is 1. The summed E-state index contributed by atoms with van der Waals surface area (Å²) in [4.78, 5) is 21.8. The Hall–Kier alpha value is -1.93. The molecule has 0 unspecified atom stereocenters. The van der Waals surface area contributed by atoms with E-state index in [1.165, 1.54) is 6.20 Å². The van der Waals surface area contributed by atoms with E-state index in [0.29, 0.717) is 50.9 Å². The van der Waals surface area contributed by atoms with Crippen LogP contribution >= 0.6 is 0 Å². The van der Waals surface area contributed by atoms with Crippen LogP contribution in [0.3, 0.4) is 0 Å². The van der Waals surface area contributed by atoms with Crippen molar-refractivity contribution in [1.29, 1.82) is 0 Å². The lowest BCUT2D eigenvalue weighted by Gasteiger charge is -2.26. The molecule has 0 spiro atoms. The fourth-order valence-electron chi connectivity index (χ4n) is 1.79. The predicted octanol–water partition coefficient (Wildman–Crippen LogP) is -0.577. The fourth-order valence-corrected chi connectivity index (χ4v) is 1.79. The Balaban J connectivity index is 1.74. The molecule has 1 aromatic heterocycles. The van der Waals surface area contributed by atoms with Gasteiger partial charge in [0.05, 0.1) is 25.6 Å². The first-order valence-electron chi connectivity index (χ1n) is 6.17. The highest BCUT2D eigenvalue weighted by Crippen LogP contribution is 2.06. The van der Waals surface area contributed by atoms with E-state index in [0.717, 1.165) is 0 Å². The smallest absolute Gasteiger partial charge is 0.224 e. The Morgan fingerprint density at radius 2 is 2.11 bits per heavy atom. The lowest BCUT2D eigenvalue weighted by atomic mass is 10.3. The highest BCUT2D eigenvalue weighted by molar-refractivity contribution is 5.76. The molecule has 0 aliphatic carbocycles. The highest BCUT2D eigenvalue weighted by atomic mass is 16.5. The molecular formula is C11H18N6O2. The molecule has 4 N–H and O–H groups in total. The number of carbonyl (C=O) groups excluding carboxylic acids is 1. The Bertz CT molecular complexity index is 421. The molecule has 1 aliphatic heterocycles. The van der Waals surface area contributed by atoms with Gasteiger partial charge in [0.25, 0.3) is 0 Å². The lowest BCUT2D eigenvalue weighted by Crippen LogP contribution is -2.41. The summed E-state index contributed by atoms with van der Waals surface area (Å²) in [7, 11) is 0. The number of nitrogens with zero attached hydrogens (tertiary/aromatic N) is 3. The van der Waals surface area contributed by atoms with Crippen LogP contribution < -0.4 is 16.6 Å². The summed E-state index contributed by atoms with van der Waals surface area (Å²) in [6.07, 6.45) is 3.52. The molecule has 1 aromatic rings. The van der Waals surface area contributed by atoms with Crippen molar-refractivity contribution in [3.8, 4) is 0 Å². The minimum atomic E-state index is 0.122. The van der Waals surface area contributed by atoms with Crippen LogP contribution in [0, 0.1) is 0 Å². The minimum absolute atomic E-state index is 0.122. The van der Waals surface area contributed by atoms with Crippen molar-refractivity contribution in [2.45, 2.75) is 6.42 Å². The summed E-state index contributed by atoms with van der Waals surface area (Å²) in [5.41, 5.74) is 2.42. The molecule has 0 bridgehead atoms. The van der Waals surface area contributed by atoms with Gasteiger partial charge >= 0.3 is 0 Å². The van der Waals surface area contributed by atoms with Crippen molar-refractivity contribution in [3.63, 3.8) is 0 Å². The molecule has 0 saturated carbocycles. The SMILES string of the molecule is NNc1cncc(NCCC(=O)N2CCOCC2)n1. The lowest BCUT2D eigenvalue weighted by molar-refractivity contribution is -0.134. The number of carbonyl (C=O) groups is 1. The Kier molecular flexibility index (Phi) is 4.87. The molecule has 8 heteroatoms. The first-order chi connectivity index (χ1) is 9.29. The summed E-state index contributed by atoms with van der Waals surface area (Å²) >= 11 is 0. The molecule has 2 heterocycles. The molecule has 0 radical (unpaired) electrons. The molecule has 1 amide bonds. The second-order valence-corrected chi connectivity index (χ2v) is 4.10. The second kappa shape index (κ2) is 6.86. The molecule has 1 aliphatic rings. The molecule has 0 aromatic carbocycles. The molecule has 19 heavy (non-hydrogen) atoms. The number of anilines is 2. The third-order valence-electron chi connectivity index (χ3n) is 2.79. The van der Waals surface area contributed by atoms with E-state index in [-0.39, 0.29) is 5.91 Å². The predicted molar refractivity (Wildman–Crippen MR) is 70.3 cm³/mol. The van der Waals surface area contributed by atoms with Gasteiger partial charge in [0.2, 0.25) is 5.91 Å². The van der Waals surface area contributed by atoms with Crippen molar-refractivity contribution in [3.05, 3.63) is 12.4 Å². The maximum absolute atomic E-state index is 11.9. The van der Waals surface area contributed by atoms with Crippen LogP contribution in [0.4, 0.5) is 11.6 Å². The Morgan fingerprint density at radius 3 is 2.84 bits per heavy atom. The molecule has 8 nitrogen and oxygen atoms in total. The van der Waals surface area contributed by atoms with Gasteiger partial charge in [0.15, 0.2) is 5.82 Å². The van der Waals surface area contributed by atoms with Gasteiger partial charge in [-0.15, -0.1) is 0 Å². The summed E-state index contributed by atoms with van der Waals surface area (Å²) in [6.45, 7) is 3.10. The van der Waals surface area contributed by atoms with Crippen molar-refractivity contribution < 1.29 is 9.53 Å². The van der Waals surface area contributed by atoms with Crippen LogP contribution in [0.25, 0.3) is 0 Å². The van der Waals surface area contributed by atoms with Crippen LogP contribution in [0.2, 0.25) is 0 Å². The van der Waals surface area contributed by atoms with Crippen LogP contribution in [-0.2, 0) is 9.53 Å². The average Bonchev–Trinajstić information content (AvgIpc) is 2.48. The van der Waals surface area contributed by atoms with Gasteiger partial charge in [-0.3, -0.25) is 9.78 Å². The third-order valence-corrected chi connectivity index (χ3v) is 2.79. The number of nitrogens with two attached hydrogens (primary N) is 1. The first kappa shape index (κ1) is 13.5. The van der Waals surface area contributed by atoms with Gasteiger partial charge in [0, 0.05) is 26.1 Å². The largest absolute Gasteiger partial charge is 0.378 e. The molecule has 1 fully saturated rings. The summed E-state index contributed by atoms with van der Waals surface area (Å²) < 4.78 is 5.20. The average molecular weight is 266 g/mol. The first-order valence-corrected chi connectivity index (χ1v) is 6.17. The molecule has 1 saturated heterocycles. The Morgan fingerprint density at radius 1 is 1.37 bits per heavy atom. The Labute approximate surface area is 111 Å². The number of hydrogen-bond donors (Lipinski definition) is 3. The van der Waals surface area contributed by atoms with Gasteiger partial charge in [-0.2, -0.15) is 0 Å². The standard InChI is InChI=1S/C11H18N6O2/c12-16-10-8-13-7-9(15-10)14-2-1-11(18)17-3-5-19-6-4-17/h7-8H,1-6,12H2,(H2,14,15,16). The molecule has 0 atom stereocenters. The number of hydrogen-bond acceptors (Lipinski definition) is 7. The van der Waals surface area contributed by atoms with E-state index in [4.69, 9.17) is 10.6 Å². The van der Waals surface area contributed by atoms with Crippen LogP contribution in [0.15, 0.2) is 12.4 Å². The fraction of sp³-hybridized carbons (Fsp3) is 0.545. The van der Waals surface area contributed by atoms with Crippen LogP contribution in [0.5, 0.6) is 0 Å². The van der Waals surface area contributed by atoms with E-state index < -0.39 is 0 Å². The van der Waals surface area contributed by atoms with Gasteiger partial charge in [0.1, 0.15) is 5.82 Å². The zero-order chi connectivity index (χ0) is 13.5. The zero-order valence-electron chi connectivity index (χ0n) is 10.6. The van der Waals surface area contributed by atoms with Crippen molar-refractivity contribution in [1.82, 2.24) is 14.9 Å². The van der Waals surface area contributed by atoms with E-state index >= 15 is 0 Å². The molecule has 2 rings (SSSR count). The number of rotatable bonds is 5.